The quantitative estimate of drug-likeness (QED) is 0.519. The molecule has 0 amide bonds. The summed E-state index contributed by atoms with van der Waals surface area (Å²) in [4.78, 5) is 0. The fraction of sp³-hybridized carbons (Fsp3) is 0.625. The maximum absolute atomic E-state index is 4.25. The van der Waals surface area contributed by atoms with Crippen LogP contribution in [-0.2, 0) is 13.0 Å². The molecule has 1 saturated carbocycles. The van der Waals surface area contributed by atoms with Crippen molar-refractivity contribution in [3.05, 3.63) is 18.0 Å². The van der Waals surface area contributed by atoms with E-state index in [1.54, 1.807) is 0 Å². The Bertz CT molecular complexity index is 239. The van der Waals surface area contributed by atoms with E-state index in [-0.39, 0.29) is 0 Å². The van der Waals surface area contributed by atoms with Gasteiger partial charge in [0.2, 0.25) is 0 Å². The van der Waals surface area contributed by atoms with Crippen molar-refractivity contribution >= 4 is 0 Å². The molecule has 0 radical (unpaired) electrons. The second kappa shape index (κ2) is 1.44. The largest absolute Gasteiger partial charge is 0.269 e. The van der Waals surface area contributed by atoms with E-state index < -0.39 is 0 Å². The van der Waals surface area contributed by atoms with Crippen molar-refractivity contribution in [2.45, 2.75) is 19.4 Å². The smallest absolute Gasteiger partial charge is 0.0492 e. The van der Waals surface area contributed by atoms with Gasteiger partial charge in [0.25, 0.3) is 0 Å². The van der Waals surface area contributed by atoms with Crippen LogP contribution in [0.3, 0.4) is 0 Å². The van der Waals surface area contributed by atoms with Gasteiger partial charge in [-0.1, -0.05) is 0 Å². The van der Waals surface area contributed by atoms with E-state index in [1.807, 2.05) is 6.20 Å². The second-order valence-corrected chi connectivity index (χ2v) is 3.46. The third-order valence-electron chi connectivity index (χ3n) is 2.75. The van der Waals surface area contributed by atoms with Gasteiger partial charge in [-0.15, -0.1) is 0 Å². The Morgan fingerprint density at radius 1 is 1.50 bits per heavy atom. The summed E-state index contributed by atoms with van der Waals surface area (Å²) < 4.78 is 2.16. The first-order valence-corrected chi connectivity index (χ1v) is 3.94. The summed E-state index contributed by atoms with van der Waals surface area (Å²) in [7, 11) is 0. The van der Waals surface area contributed by atoms with Gasteiger partial charge in [0.05, 0.1) is 0 Å². The van der Waals surface area contributed by atoms with E-state index >= 15 is 0 Å². The van der Waals surface area contributed by atoms with Crippen molar-refractivity contribution in [3.63, 3.8) is 0 Å². The Morgan fingerprint density at radius 2 is 2.50 bits per heavy atom. The zero-order valence-electron chi connectivity index (χ0n) is 5.83. The van der Waals surface area contributed by atoms with Crippen LogP contribution in [0.15, 0.2) is 12.3 Å². The SMILES string of the molecule is c1cc2n(n1)CC1CC1C2. The van der Waals surface area contributed by atoms with Crippen molar-refractivity contribution < 1.29 is 0 Å². The molecular weight excluding hydrogens is 124 g/mol. The van der Waals surface area contributed by atoms with Crippen LogP contribution < -0.4 is 0 Å². The molecule has 0 N–H and O–H groups in total. The molecule has 1 aromatic rings. The average molecular weight is 134 g/mol. The number of hydrogen-bond donors (Lipinski definition) is 0. The first-order valence-electron chi connectivity index (χ1n) is 3.94. The highest BCUT2D eigenvalue weighted by Gasteiger charge is 2.41. The zero-order chi connectivity index (χ0) is 6.55. The first-order chi connectivity index (χ1) is 4.93. The normalized spacial score (nSPS) is 34.8. The third kappa shape index (κ3) is 0.516. The molecule has 2 atom stereocenters. The van der Waals surface area contributed by atoms with E-state index in [9.17, 15) is 0 Å². The van der Waals surface area contributed by atoms with Crippen molar-refractivity contribution in [1.29, 1.82) is 0 Å². The number of fused-ring (bicyclic) bond motifs is 2. The molecule has 10 heavy (non-hydrogen) atoms. The molecule has 0 aromatic carbocycles. The molecule has 0 spiro atoms. The van der Waals surface area contributed by atoms with Gasteiger partial charge >= 0.3 is 0 Å². The topological polar surface area (TPSA) is 17.8 Å². The van der Waals surface area contributed by atoms with Gasteiger partial charge < -0.3 is 0 Å². The summed E-state index contributed by atoms with van der Waals surface area (Å²) in [5, 5.41) is 4.25. The molecule has 1 aliphatic carbocycles. The highest BCUT2D eigenvalue weighted by Crippen LogP contribution is 2.45. The molecule has 2 heteroatoms. The number of rotatable bonds is 0. The van der Waals surface area contributed by atoms with Gasteiger partial charge in [0.15, 0.2) is 0 Å². The van der Waals surface area contributed by atoms with E-state index in [2.05, 4.69) is 15.8 Å². The number of nitrogens with zero attached hydrogens (tertiary/aromatic N) is 2. The summed E-state index contributed by atoms with van der Waals surface area (Å²) in [6.07, 6.45) is 4.65. The minimum Gasteiger partial charge on any atom is -0.269 e. The average Bonchev–Trinajstić information content (AvgIpc) is 2.52. The van der Waals surface area contributed by atoms with Gasteiger partial charge in [-0.05, 0) is 30.7 Å². The molecule has 0 saturated heterocycles. The highest BCUT2D eigenvalue weighted by atomic mass is 15.3. The lowest BCUT2D eigenvalue weighted by Crippen LogP contribution is -2.13. The Hall–Kier alpha value is -0.790. The Kier molecular flexibility index (Phi) is 0.712. The molecular formula is C8H10N2. The first kappa shape index (κ1) is 4.94. The van der Waals surface area contributed by atoms with E-state index in [0.717, 1.165) is 11.8 Å². The van der Waals surface area contributed by atoms with Crippen molar-refractivity contribution in [2.75, 3.05) is 0 Å². The van der Waals surface area contributed by atoms with Crippen LogP contribution in [0.1, 0.15) is 12.1 Å². The molecule has 0 bridgehead atoms. The van der Waals surface area contributed by atoms with Gasteiger partial charge in [-0.25, -0.2) is 0 Å². The molecule has 3 rings (SSSR count). The minimum absolute atomic E-state index is 0.979. The second-order valence-electron chi connectivity index (χ2n) is 3.46. The molecule has 2 aliphatic rings. The molecule has 2 nitrogen and oxygen atoms in total. The Balaban J connectivity index is 2.07. The summed E-state index contributed by atoms with van der Waals surface area (Å²) >= 11 is 0. The number of aromatic nitrogens is 2. The maximum Gasteiger partial charge on any atom is 0.0492 e. The standard InChI is InChI=1S/C8H10N2/c1-2-9-10-5-7-3-6(7)4-8(1)10/h1-2,6-7H,3-5H2. The van der Waals surface area contributed by atoms with Crippen LogP contribution in [0.2, 0.25) is 0 Å². The molecule has 2 unspecified atom stereocenters. The van der Waals surface area contributed by atoms with Crippen LogP contribution in [0.5, 0.6) is 0 Å². The summed E-state index contributed by atoms with van der Waals surface area (Å²) in [5.74, 6) is 2.00. The maximum atomic E-state index is 4.25. The molecule has 52 valence electrons. The monoisotopic (exact) mass is 134 g/mol. The van der Waals surface area contributed by atoms with Crippen molar-refractivity contribution in [2.24, 2.45) is 11.8 Å². The summed E-state index contributed by atoms with van der Waals surface area (Å²) in [6, 6.07) is 2.15. The highest BCUT2D eigenvalue weighted by molar-refractivity contribution is 5.09. The van der Waals surface area contributed by atoms with Gasteiger partial charge in [-0.3, -0.25) is 4.68 Å². The van der Waals surface area contributed by atoms with Gasteiger partial charge in [0, 0.05) is 18.4 Å². The van der Waals surface area contributed by atoms with Crippen LogP contribution in [0.25, 0.3) is 0 Å². The lowest BCUT2D eigenvalue weighted by Gasteiger charge is -2.11. The molecule has 1 aromatic heterocycles. The molecule has 2 heterocycles. The lowest BCUT2D eigenvalue weighted by atomic mass is 10.1. The third-order valence-corrected chi connectivity index (χ3v) is 2.75. The summed E-state index contributed by atoms with van der Waals surface area (Å²) in [5.41, 5.74) is 1.44. The Morgan fingerprint density at radius 3 is 3.50 bits per heavy atom. The van der Waals surface area contributed by atoms with Crippen molar-refractivity contribution in [3.8, 4) is 0 Å². The predicted octanol–water partition coefficient (Wildman–Crippen LogP) is 1.08. The van der Waals surface area contributed by atoms with E-state index in [4.69, 9.17) is 0 Å². The molecule has 1 fully saturated rings. The van der Waals surface area contributed by atoms with E-state index in [1.165, 1.54) is 25.1 Å². The zero-order valence-corrected chi connectivity index (χ0v) is 5.83. The van der Waals surface area contributed by atoms with Crippen LogP contribution in [0, 0.1) is 11.8 Å². The van der Waals surface area contributed by atoms with Crippen LogP contribution in [-0.4, -0.2) is 9.78 Å². The van der Waals surface area contributed by atoms with Crippen molar-refractivity contribution in [1.82, 2.24) is 9.78 Å². The predicted molar refractivity (Wildman–Crippen MR) is 37.5 cm³/mol. The Labute approximate surface area is 59.9 Å². The molecule has 1 aliphatic heterocycles. The minimum atomic E-state index is 0.979. The van der Waals surface area contributed by atoms with Gasteiger partial charge in [-0.2, -0.15) is 5.10 Å². The lowest BCUT2D eigenvalue weighted by molar-refractivity contribution is 0.463. The summed E-state index contributed by atoms with van der Waals surface area (Å²) in [6.45, 7) is 1.19. The van der Waals surface area contributed by atoms with Crippen LogP contribution >= 0.6 is 0 Å². The van der Waals surface area contributed by atoms with E-state index in [0.29, 0.717) is 0 Å². The fourth-order valence-electron chi connectivity index (χ4n) is 1.97. The van der Waals surface area contributed by atoms with Crippen LogP contribution in [0.4, 0.5) is 0 Å². The fourth-order valence-corrected chi connectivity index (χ4v) is 1.97. The van der Waals surface area contributed by atoms with Gasteiger partial charge in [0.1, 0.15) is 0 Å². The number of hydrogen-bond acceptors (Lipinski definition) is 1.